The molecule has 2 N–H and O–H groups in total. The Morgan fingerprint density at radius 2 is 1.82 bits per heavy atom. The number of carbonyl (C=O) groups is 2. The normalized spacial score (nSPS) is 11.8. The average Bonchev–Trinajstić information content (AvgIpc) is 2.47. The van der Waals surface area contributed by atoms with E-state index in [1.54, 1.807) is 30.1 Å². The number of hydrogen-bond donors (Lipinski definition) is 2. The summed E-state index contributed by atoms with van der Waals surface area (Å²) in [5.74, 6) is -0.502. The molecular weight excluding hydrogens is 285 g/mol. The number of halogens is 1. The summed E-state index contributed by atoms with van der Waals surface area (Å²) in [5, 5.41) is 2.68. The zero-order valence-electron chi connectivity index (χ0n) is 13.5. The highest BCUT2D eigenvalue weighted by Crippen LogP contribution is 2.04. The fourth-order valence-corrected chi connectivity index (χ4v) is 2.18. The van der Waals surface area contributed by atoms with Crippen LogP contribution in [0.4, 0.5) is 4.39 Å². The van der Waals surface area contributed by atoms with Gasteiger partial charge in [-0.15, -0.1) is 0 Å². The van der Waals surface area contributed by atoms with E-state index in [9.17, 15) is 14.0 Å². The summed E-state index contributed by atoms with van der Waals surface area (Å²) in [6, 6.07) is 6.33. The van der Waals surface area contributed by atoms with Gasteiger partial charge in [-0.1, -0.05) is 18.2 Å². The molecule has 22 heavy (non-hydrogen) atoms. The minimum atomic E-state index is -0.333. The molecule has 5 nitrogen and oxygen atoms in total. The van der Waals surface area contributed by atoms with Crippen LogP contribution in [-0.4, -0.2) is 49.9 Å². The molecular formula is C16H25FN3O2+. The number of nitrogens with one attached hydrogen (secondary N) is 2. The van der Waals surface area contributed by atoms with Crippen molar-refractivity contribution < 1.29 is 18.9 Å². The molecule has 0 aliphatic rings. The van der Waals surface area contributed by atoms with Gasteiger partial charge in [0.05, 0.1) is 7.05 Å². The molecule has 1 unspecified atom stereocenters. The Kier molecular flexibility index (Phi) is 7.52. The monoisotopic (exact) mass is 310 g/mol. The highest BCUT2D eigenvalue weighted by atomic mass is 19.1. The highest BCUT2D eigenvalue weighted by molar-refractivity contribution is 5.79. The van der Waals surface area contributed by atoms with E-state index < -0.39 is 0 Å². The highest BCUT2D eigenvalue weighted by Gasteiger charge is 2.17. The molecule has 1 atom stereocenters. The first-order chi connectivity index (χ1) is 10.5. The van der Waals surface area contributed by atoms with E-state index in [0.29, 0.717) is 18.7 Å². The third-order valence-electron chi connectivity index (χ3n) is 3.47. The number of carbonyl (C=O) groups excluding carboxylic acids is 2. The van der Waals surface area contributed by atoms with Gasteiger partial charge in [0.15, 0.2) is 13.1 Å². The molecule has 1 rings (SSSR count). The van der Waals surface area contributed by atoms with Crippen LogP contribution in [0, 0.1) is 5.82 Å². The second-order valence-electron chi connectivity index (χ2n) is 5.24. The van der Waals surface area contributed by atoms with Crippen molar-refractivity contribution >= 4 is 11.8 Å². The minimum Gasteiger partial charge on any atom is -0.347 e. The van der Waals surface area contributed by atoms with Gasteiger partial charge in [0, 0.05) is 25.2 Å². The number of rotatable bonds is 8. The molecule has 0 saturated carbocycles. The smallest absolute Gasteiger partial charge is 0.277 e. The molecule has 0 aromatic heterocycles. The molecule has 1 aromatic carbocycles. The Balaban J connectivity index is 2.38. The van der Waals surface area contributed by atoms with Gasteiger partial charge in [0.2, 0.25) is 0 Å². The van der Waals surface area contributed by atoms with Crippen LogP contribution in [0.3, 0.4) is 0 Å². The van der Waals surface area contributed by atoms with Crippen LogP contribution in [0.2, 0.25) is 0 Å². The first-order valence-electron chi connectivity index (χ1n) is 7.57. The fourth-order valence-electron chi connectivity index (χ4n) is 2.18. The maximum atomic E-state index is 13.4. The molecule has 1 aromatic rings. The van der Waals surface area contributed by atoms with Crippen molar-refractivity contribution in [1.29, 1.82) is 0 Å². The van der Waals surface area contributed by atoms with Crippen molar-refractivity contribution in [2.75, 3.05) is 33.2 Å². The van der Waals surface area contributed by atoms with Crippen LogP contribution >= 0.6 is 0 Å². The molecule has 0 aliphatic heterocycles. The molecule has 0 spiro atoms. The van der Waals surface area contributed by atoms with E-state index in [1.165, 1.54) is 6.07 Å². The zero-order valence-corrected chi connectivity index (χ0v) is 13.5. The van der Waals surface area contributed by atoms with Crippen molar-refractivity contribution in [3.05, 3.63) is 35.6 Å². The number of benzene rings is 1. The van der Waals surface area contributed by atoms with E-state index in [1.807, 2.05) is 13.8 Å². The maximum Gasteiger partial charge on any atom is 0.277 e. The lowest BCUT2D eigenvalue weighted by Crippen LogP contribution is -3.11. The lowest BCUT2D eigenvalue weighted by Gasteiger charge is -2.20. The molecule has 6 heteroatoms. The van der Waals surface area contributed by atoms with Gasteiger partial charge in [-0.05, 0) is 19.9 Å². The summed E-state index contributed by atoms with van der Waals surface area (Å²) in [7, 11) is 1.80. The molecule has 0 bridgehead atoms. The Morgan fingerprint density at radius 3 is 2.41 bits per heavy atom. The Hall–Kier alpha value is -1.95. The predicted molar refractivity (Wildman–Crippen MR) is 82.8 cm³/mol. The third kappa shape index (κ3) is 5.81. The van der Waals surface area contributed by atoms with Crippen LogP contribution in [0.5, 0.6) is 0 Å². The molecule has 0 fully saturated rings. The second kappa shape index (κ2) is 9.15. The summed E-state index contributed by atoms with van der Waals surface area (Å²) >= 11 is 0. The van der Waals surface area contributed by atoms with Crippen LogP contribution < -0.4 is 10.2 Å². The van der Waals surface area contributed by atoms with Gasteiger partial charge < -0.3 is 15.1 Å². The Labute approximate surface area is 131 Å². The zero-order chi connectivity index (χ0) is 16.5. The molecule has 0 aliphatic carbocycles. The Bertz CT molecular complexity index is 504. The van der Waals surface area contributed by atoms with E-state index in [2.05, 4.69) is 5.32 Å². The summed E-state index contributed by atoms with van der Waals surface area (Å²) in [4.78, 5) is 26.3. The SMILES string of the molecule is CCN(CC)C(=O)C[NH+](C)CC(=O)NCc1ccccc1F. The van der Waals surface area contributed by atoms with Crippen LogP contribution in [0.1, 0.15) is 19.4 Å². The van der Waals surface area contributed by atoms with E-state index >= 15 is 0 Å². The Morgan fingerprint density at radius 1 is 1.18 bits per heavy atom. The minimum absolute atomic E-state index is 0.0319. The second-order valence-corrected chi connectivity index (χ2v) is 5.24. The van der Waals surface area contributed by atoms with Gasteiger partial charge in [-0.2, -0.15) is 0 Å². The third-order valence-corrected chi connectivity index (χ3v) is 3.47. The molecule has 2 amide bonds. The van der Waals surface area contributed by atoms with Crippen LogP contribution in [0.15, 0.2) is 24.3 Å². The lowest BCUT2D eigenvalue weighted by atomic mass is 10.2. The largest absolute Gasteiger partial charge is 0.347 e. The van der Waals surface area contributed by atoms with E-state index in [-0.39, 0.29) is 37.3 Å². The predicted octanol–water partition coefficient (Wildman–Crippen LogP) is -0.175. The molecule has 0 saturated heterocycles. The van der Waals surface area contributed by atoms with Crippen LogP contribution in [-0.2, 0) is 16.1 Å². The first kappa shape index (κ1) is 18.1. The fraction of sp³-hybridized carbons (Fsp3) is 0.500. The van der Waals surface area contributed by atoms with Crippen molar-refractivity contribution in [3.8, 4) is 0 Å². The van der Waals surface area contributed by atoms with Crippen molar-refractivity contribution in [2.24, 2.45) is 0 Å². The molecule has 0 radical (unpaired) electrons. The molecule has 0 heterocycles. The summed E-state index contributed by atoms with van der Waals surface area (Å²) in [5.41, 5.74) is 0.452. The molecule has 122 valence electrons. The van der Waals surface area contributed by atoms with E-state index in [0.717, 1.165) is 4.90 Å². The van der Waals surface area contributed by atoms with Gasteiger partial charge >= 0.3 is 0 Å². The van der Waals surface area contributed by atoms with Crippen LogP contribution in [0.25, 0.3) is 0 Å². The van der Waals surface area contributed by atoms with Crippen molar-refractivity contribution in [3.63, 3.8) is 0 Å². The number of amides is 2. The number of hydrogen-bond acceptors (Lipinski definition) is 2. The number of likely N-dealkylation sites (N-methyl/N-ethyl adjacent to an activating group) is 2. The summed E-state index contributed by atoms with van der Waals surface area (Å²) in [6.45, 7) is 5.80. The summed E-state index contributed by atoms with van der Waals surface area (Å²) in [6.07, 6.45) is 0. The van der Waals surface area contributed by atoms with Gasteiger partial charge in [-0.3, -0.25) is 9.59 Å². The van der Waals surface area contributed by atoms with Gasteiger partial charge in [-0.25, -0.2) is 4.39 Å². The lowest BCUT2D eigenvalue weighted by molar-refractivity contribution is -0.863. The number of quaternary nitrogens is 1. The quantitative estimate of drug-likeness (QED) is 0.700. The standard InChI is InChI=1S/C16H24FN3O2/c1-4-20(5-2)16(22)12-19(3)11-15(21)18-10-13-8-6-7-9-14(13)17/h6-9H,4-5,10-12H2,1-3H3,(H,18,21)/p+1. The van der Waals surface area contributed by atoms with Gasteiger partial charge in [0.1, 0.15) is 5.82 Å². The van der Waals surface area contributed by atoms with Crippen molar-refractivity contribution in [1.82, 2.24) is 10.2 Å². The topological polar surface area (TPSA) is 53.9 Å². The van der Waals surface area contributed by atoms with Crippen molar-refractivity contribution in [2.45, 2.75) is 20.4 Å². The average molecular weight is 310 g/mol. The van der Waals surface area contributed by atoms with E-state index in [4.69, 9.17) is 0 Å². The first-order valence-corrected chi connectivity index (χ1v) is 7.57. The number of nitrogens with zero attached hydrogens (tertiary/aromatic N) is 1. The summed E-state index contributed by atoms with van der Waals surface area (Å²) < 4.78 is 13.4. The maximum absolute atomic E-state index is 13.4. The van der Waals surface area contributed by atoms with Gasteiger partial charge in [0.25, 0.3) is 11.8 Å².